The summed E-state index contributed by atoms with van der Waals surface area (Å²) in [5.74, 6) is 0. The number of ether oxygens (including phenoxy) is 1. The van der Waals surface area contributed by atoms with E-state index < -0.39 is 17.8 Å². The predicted octanol–water partition coefficient (Wildman–Crippen LogP) is 3.37. The number of carbonyl (C=O) groups is 1. The fourth-order valence-electron chi connectivity index (χ4n) is 1.77. The first-order chi connectivity index (χ1) is 10.3. The highest BCUT2D eigenvalue weighted by molar-refractivity contribution is 7.15. The molecular weight excluding hydrogens is 300 g/mol. The number of aliphatic hydroxyl groups is 1. The van der Waals surface area contributed by atoms with Crippen molar-refractivity contribution in [2.24, 2.45) is 0 Å². The molecule has 1 unspecified atom stereocenters. The number of aromatic nitrogens is 1. The van der Waals surface area contributed by atoms with Gasteiger partial charge in [0, 0.05) is 11.1 Å². The van der Waals surface area contributed by atoms with Crippen LogP contribution in [0.1, 0.15) is 31.8 Å². The van der Waals surface area contributed by atoms with Gasteiger partial charge in [-0.2, -0.15) is 0 Å². The molecule has 2 aromatic rings. The van der Waals surface area contributed by atoms with Crippen molar-refractivity contribution in [1.29, 1.82) is 0 Å². The van der Waals surface area contributed by atoms with E-state index in [1.165, 1.54) is 11.3 Å². The Morgan fingerprint density at radius 1 is 1.36 bits per heavy atom. The van der Waals surface area contributed by atoms with Crippen LogP contribution in [-0.2, 0) is 4.74 Å². The van der Waals surface area contributed by atoms with Crippen LogP contribution in [0, 0.1) is 0 Å². The second-order valence-electron chi connectivity index (χ2n) is 5.82. The number of carbonyl (C=O) groups excluding carboxylic acids is 1. The van der Waals surface area contributed by atoms with Crippen LogP contribution in [-0.4, -0.2) is 28.3 Å². The Morgan fingerprint density at radius 3 is 2.77 bits per heavy atom. The summed E-state index contributed by atoms with van der Waals surface area (Å²) in [6, 6.07) is 9.45. The van der Waals surface area contributed by atoms with Gasteiger partial charge in [0.2, 0.25) is 0 Å². The number of pyridine rings is 1. The molecule has 2 aromatic heterocycles. The Morgan fingerprint density at radius 2 is 2.14 bits per heavy atom. The first kappa shape index (κ1) is 16.5. The largest absolute Gasteiger partial charge is 0.444 e. The maximum Gasteiger partial charge on any atom is 0.407 e. The fraction of sp³-hybridized carbons (Fsp3) is 0.375. The predicted molar refractivity (Wildman–Crippen MR) is 86.7 cm³/mol. The summed E-state index contributed by atoms with van der Waals surface area (Å²) in [4.78, 5) is 17.6. The zero-order valence-corrected chi connectivity index (χ0v) is 13.7. The van der Waals surface area contributed by atoms with Gasteiger partial charge in [-0.05, 0) is 45.0 Å². The van der Waals surface area contributed by atoms with Crippen LogP contribution in [0.5, 0.6) is 0 Å². The van der Waals surface area contributed by atoms with Crippen LogP contribution < -0.4 is 5.32 Å². The van der Waals surface area contributed by atoms with Gasteiger partial charge < -0.3 is 15.2 Å². The third-order valence-corrected chi connectivity index (χ3v) is 3.92. The molecule has 118 valence electrons. The van der Waals surface area contributed by atoms with E-state index in [4.69, 9.17) is 4.74 Å². The summed E-state index contributed by atoms with van der Waals surface area (Å²) in [7, 11) is 0. The molecule has 0 bridgehead atoms. The van der Waals surface area contributed by atoms with Gasteiger partial charge in [0.15, 0.2) is 0 Å². The van der Waals surface area contributed by atoms with E-state index in [-0.39, 0.29) is 6.54 Å². The lowest BCUT2D eigenvalue weighted by atomic mass is 10.2. The van der Waals surface area contributed by atoms with E-state index in [9.17, 15) is 9.90 Å². The standard InChI is InChI=1S/C16H20N2O3S/c1-16(2,3)21-15(20)18-10-12(19)14-8-7-13(22-14)11-6-4-5-9-17-11/h4-9,12,19H,10H2,1-3H3,(H,18,20). The molecule has 6 heteroatoms. The average molecular weight is 320 g/mol. The molecule has 0 aromatic carbocycles. The van der Waals surface area contributed by atoms with Crippen LogP contribution in [0.3, 0.4) is 0 Å². The van der Waals surface area contributed by atoms with E-state index in [0.717, 1.165) is 15.4 Å². The van der Waals surface area contributed by atoms with Crippen molar-refractivity contribution in [1.82, 2.24) is 10.3 Å². The Kier molecular flexibility index (Phi) is 5.15. The molecule has 0 aliphatic rings. The molecule has 2 N–H and O–H groups in total. The number of nitrogens with one attached hydrogen (secondary N) is 1. The van der Waals surface area contributed by atoms with Crippen LogP contribution in [0.4, 0.5) is 4.79 Å². The van der Waals surface area contributed by atoms with Crippen LogP contribution in [0.25, 0.3) is 10.6 Å². The Bertz CT molecular complexity index is 620. The number of hydrogen-bond donors (Lipinski definition) is 2. The molecule has 0 radical (unpaired) electrons. The molecule has 1 atom stereocenters. The Hall–Kier alpha value is -1.92. The van der Waals surface area contributed by atoms with Crippen molar-refractivity contribution in [3.63, 3.8) is 0 Å². The van der Waals surface area contributed by atoms with Gasteiger partial charge in [0.1, 0.15) is 11.7 Å². The van der Waals surface area contributed by atoms with Gasteiger partial charge in [-0.1, -0.05) is 6.07 Å². The minimum absolute atomic E-state index is 0.108. The quantitative estimate of drug-likeness (QED) is 0.906. The van der Waals surface area contributed by atoms with E-state index in [0.29, 0.717) is 0 Å². The van der Waals surface area contributed by atoms with Crippen LogP contribution >= 0.6 is 11.3 Å². The van der Waals surface area contributed by atoms with E-state index in [1.54, 1.807) is 27.0 Å². The summed E-state index contributed by atoms with van der Waals surface area (Å²) < 4.78 is 5.13. The van der Waals surface area contributed by atoms with Gasteiger partial charge >= 0.3 is 6.09 Å². The second kappa shape index (κ2) is 6.89. The highest BCUT2D eigenvalue weighted by Crippen LogP contribution is 2.29. The molecule has 22 heavy (non-hydrogen) atoms. The lowest BCUT2D eigenvalue weighted by molar-refractivity contribution is 0.0493. The van der Waals surface area contributed by atoms with Crippen molar-refractivity contribution in [2.75, 3.05) is 6.54 Å². The van der Waals surface area contributed by atoms with Gasteiger partial charge in [0.05, 0.1) is 17.1 Å². The minimum Gasteiger partial charge on any atom is -0.444 e. The topological polar surface area (TPSA) is 71.5 Å². The molecule has 0 spiro atoms. The molecule has 0 saturated carbocycles. The van der Waals surface area contributed by atoms with E-state index in [1.807, 2.05) is 30.3 Å². The molecule has 0 aliphatic carbocycles. The van der Waals surface area contributed by atoms with E-state index in [2.05, 4.69) is 10.3 Å². The zero-order chi connectivity index (χ0) is 16.2. The van der Waals surface area contributed by atoms with Crippen molar-refractivity contribution in [3.8, 4) is 10.6 Å². The second-order valence-corrected chi connectivity index (χ2v) is 6.93. The lowest BCUT2D eigenvalue weighted by Gasteiger charge is -2.20. The molecule has 2 heterocycles. The lowest BCUT2D eigenvalue weighted by Crippen LogP contribution is -2.34. The molecule has 0 aliphatic heterocycles. The number of rotatable bonds is 4. The minimum atomic E-state index is -0.769. The van der Waals surface area contributed by atoms with Crippen LogP contribution in [0.2, 0.25) is 0 Å². The average Bonchev–Trinajstić information content (AvgIpc) is 2.94. The summed E-state index contributed by atoms with van der Waals surface area (Å²) in [5, 5.41) is 12.7. The highest BCUT2D eigenvalue weighted by atomic mass is 32.1. The summed E-state index contributed by atoms with van der Waals surface area (Å²) >= 11 is 1.45. The molecular formula is C16H20N2O3S. The Labute approximate surface area is 134 Å². The van der Waals surface area contributed by atoms with Gasteiger partial charge in [-0.3, -0.25) is 4.98 Å². The molecule has 0 saturated heterocycles. The van der Waals surface area contributed by atoms with Gasteiger partial charge in [-0.25, -0.2) is 4.79 Å². The summed E-state index contributed by atoms with van der Waals surface area (Å²) in [5.41, 5.74) is 0.315. The van der Waals surface area contributed by atoms with Crippen molar-refractivity contribution >= 4 is 17.4 Å². The van der Waals surface area contributed by atoms with E-state index >= 15 is 0 Å². The number of hydrogen-bond acceptors (Lipinski definition) is 5. The smallest absolute Gasteiger partial charge is 0.407 e. The van der Waals surface area contributed by atoms with Gasteiger partial charge in [0.25, 0.3) is 0 Å². The first-order valence-corrected chi connectivity index (χ1v) is 7.83. The third kappa shape index (κ3) is 4.82. The van der Waals surface area contributed by atoms with Crippen LogP contribution in [0.15, 0.2) is 36.5 Å². The van der Waals surface area contributed by atoms with Crippen molar-refractivity contribution in [3.05, 3.63) is 41.4 Å². The first-order valence-electron chi connectivity index (χ1n) is 7.01. The normalized spacial score (nSPS) is 12.7. The zero-order valence-electron chi connectivity index (χ0n) is 12.9. The Balaban J connectivity index is 1.92. The SMILES string of the molecule is CC(C)(C)OC(=O)NCC(O)c1ccc(-c2ccccn2)s1. The fourth-order valence-corrected chi connectivity index (χ4v) is 2.74. The summed E-state index contributed by atoms with van der Waals surface area (Å²) in [6.45, 7) is 5.49. The van der Waals surface area contributed by atoms with Crippen molar-refractivity contribution in [2.45, 2.75) is 32.5 Å². The van der Waals surface area contributed by atoms with Crippen molar-refractivity contribution < 1.29 is 14.6 Å². The highest BCUT2D eigenvalue weighted by Gasteiger charge is 2.18. The molecule has 2 rings (SSSR count). The molecule has 5 nitrogen and oxygen atoms in total. The molecule has 1 amide bonds. The monoisotopic (exact) mass is 320 g/mol. The molecule has 0 fully saturated rings. The maximum absolute atomic E-state index is 11.6. The number of nitrogens with zero attached hydrogens (tertiary/aromatic N) is 1. The number of amides is 1. The maximum atomic E-state index is 11.6. The number of aliphatic hydroxyl groups excluding tert-OH is 1. The van der Waals surface area contributed by atoms with Gasteiger partial charge in [-0.15, -0.1) is 11.3 Å². The summed E-state index contributed by atoms with van der Waals surface area (Å²) in [6.07, 6.45) is 0.429. The number of alkyl carbamates (subject to hydrolysis) is 1. The number of thiophene rings is 1. The third-order valence-electron chi connectivity index (χ3n) is 2.71.